The molecule has 0 saturated carbocycles. The van der Waals surface area contributed by atoms with Crippen LogP contribution in [0.4, 0.5) is 14.5 Å². The molecule has 0 aliphatic carbocycles. The number of hydrogen-bond donors (Lipinski definition) is 2. The molecule has 0 aliphatic rings. The van der Waals surface area contributed by atoms with E-state index in [1.807, 2.05) is 5.38 Å². The average Bonchev–Trinajstić information content (AvgIpc) is 3.10. The van der Waals surface area contributed by atoms with Crippen LogP contribution in [0.1, 0.15) is 24.3 Å². The lowest BCUT2D eigenvalue weighted by Crippen LogP contribution is -2.29. The van der Waals surface area contributed by atoms with Gasteiger partial charge in [0.2, 0.25) is 5.91 Å². The molecular weight excluding hydrogens is 366 g/mol. The number of thiophene rings is 1. The third-order valence-corrected chi connectivity index (χ3v) is 4.19. The third kappa shape index (κ3) is 5.92. The molecule has 26 heavy (non-hydrogen) atoms. The fourth-order valence-electron chi connectivity index (χ4n) is 2.10. The first-order valence-corrected chi connectivity index (χ1v) is 8.44. The minimum absolute atomic E-state index is 0.0413. The zero-order chi connectivity index (χ0) is 19.1. The molecule has 0 bridgehead atoms. The summed E-state index contributed by atoms with van der Waals surface area (Å²) >= 11 is 1.38. The number of esters is 1. The highest BCUT2D eigenvalue weighted by atomic mass is 32.1. The second-order valence-electron chi connectivity index (χ2n) is 5.31. The van der Waals surface area contributed by atoms with Gasteiger partial charge in [-0.25, -0.2) is 8.78 Å². The predicted octanol–water partition coefficient (Wildman–Crippen LogP) is 2.78. The molecule has 1 aromatic carbocycles. The van der Waals surface area contributed by atoms with Gasteiger partial charge in [-0.1, -0.05) is 6.07 Å². The van der Waals surface area contributed by atoms with E-state index in [0.29, 0.717) is 0 Å². The quantitative estimate of drug-likeness (QED) is 0.721. The van der Waals surface area contributed by atoms with E-state index in [1.54, 1.807) is 12.1 Å². The van der Waals surface area contributed by atoms with Crippen LogP contribution < -0.4 is 10.6 Å². The first-order chi connectivity index (χ1) is 12.3. The average molecular weight is 382 g/mol. The molecule has 2 rings (SSSR count). The second-order valence-corrected chi connectivity index (χ2v) is 6.29. The van der Waals surface area contributed by atoms with Crippen molar-refractivity contribution in [2.45, 2.75) is 19.4 Å². The SMILES string of the molecule is CC(=O)NC(CC(=O)OCC(=O)Nc1ccc(F)c(F)c1)c1cccs1. The number of rotatable bonds is 7. The van der Waals surface area contributed by atoms with Crippen molar-refractivity contribution in [3.63, 3.8) is 0 Å². The fourth-order valence-corrected chi connectivity index (χ4v) is 2.88. The number of nitrogens with one attached hydrogen (secondary N) is 2. The van der Waals surface area contributed by atoms with Gasteiger partial charge in [0.05, 0.1) is 12.5 Å². The van der Waals surface area contributed by atoms with E-state index in [9.17, 15) is 23.2 Å². The minimum atomic E-state index is -1.10. The molecule has 6 nitrogen and oxygen atoms in total. The number of carbonyl (C=O) groups is 3. The molecule has 0 radical (unpaired) electrons. The molecule has 0 saturated heterocycles. The Balaban J connectivity index is 1.85. The summed E-state index contributed by atoms with van der Waals surface area (Å²) in [7, 11) is 0. The standard InChI is InChI=1S/C17H16F2N2O4S/c1-10(22)20-14(15-3-2-6-26-15)8-17(24)25-9-16(23)21-11-4-5-12(18)13(19)7-11/h2-7,14H,8-9H2,1H3,(H,20,22)(H,21,23). The Morgan fingerprint density at radius 3 is 2.58 bits per heavy atom. The largest absolute Gasteiger partial charge is 0.455 e. The maximum Gasteiger partial charge on any atom is 0.308 e. The van der Waals surface area contributed by atoms with Gasteiger partial charge in [-0.15, -0.1) is 11.3 Å². The van der Waals surface area contributed by atoms with Gasteiger partial charge in [-0.2, -0.15) is 0 Å². The molecule has 2 aromatic rings. The summed E-state index contributed by atoms with van der Waals surface area (Å²) in [6.07, 6.45) is -0.140. The van der Waals surface area contributed by atoms with Crippen molar-refractivity contribution >= 4 is 34.8 Å². The zero-order valence-electron chi connectivity index (χ0n) is 13.8. The third-order valence-electron chi connectivity index (χ3n) is 3.20. The summed E-state index contributed by atoms with van der Waals surface area (Å²) < 4.78 is 30.8. The molecule has 0 aliphatic heterocycles. The Labute approximate surface area is 152 Å². The van der Waals surface area contributed by atoms with Crippen LogP contribution in [0.5, 0.6) is 0 Å². The lowest BCUT2D eigenvalue weighted by Gasteiger charge is -2.15. The fraction of sp³-hybridized carbons (Fsp3) is 0.235. The van der Waals surface area contributed by atoms with Crippen molar-refractivity contribution in [1.82, 2.24) is 5.32 Å². The highest BCUT2D eigenvalue weighted by Gasteiger charge is 2.19. The van der Waals surface area contributed by atoms with Crippen LogP contribution in [0.15, 0.2) is 35.7 Å². The Morgan fingerprint density at radius 1 is 1.19 bits per heavy atom. The van der Waals surface area contributed by atoms with E-state index in [0.717, 1.165) is 17.0 Å². The number of anilines is 1. The lowest BCUT2D eigenvalue weighted by molar-refractivity contribution is -0.147. The van der Waals surface area contributed by atoms with Crippen molar-refractivity contribution in [2.24, 2.45) is 0 Å². The van der Waals surface area contributed by atoms with Crippen LogP contribution in [0.2, 0.25) is 0 Å². The Kier molecular flexibility index (Phi) is 6.79. The van der Waals surface area contributed by atoms with Gasteiger partial charge in [0, 0.05) is 23.6 Å². The van der Waals surface area contributed by atoms with E-state index in [-0.39, 0.29) is 18.0 Å². The first-order valence-electron chi connectivity index (χ1n) is 7.56. The number of hydrogen-bond acceptors (Lipinski definition) is 5. The van der Waals surface area contributed by atoms with Gasteiger partial charge >= 0.3 is 5.97 Å². The molecule has 9 heteroatoms. The number of benzene rings is 1. The van der Waals surface area contributed by atoms with Crippen LogP contribution in [0.25, 0.3) is 0 Å². The molecule has 2 N–H and O–H groups in total. The van der Waals surface area contributed by atoms with Gasteiger partial charge in [-0.05, 0) is 23.6 Å². The summed E-state index contributed by atoms with van der Waals surface area (Å²) in [6, 6.07) is 5.88. The van der Waals surface area contributed by atoms with E-state index >= 15 is 0 Å². The molecule has 2 amide bonds. The molecule has 1 aromatic heterocycles. The Bertz CT molecular complexity index is 796. The number of amides is 2. The highest BCUT2D eigenvalue weighted by Crippen LogP contribution is 2.22. The molecule has 1 atom stereocenters. The molecule has 0 fully saturated rings. The van der Waals surface area contributed by atoms with Gasteiger partial charge in [0.15, 0.2) is 18.2 Å². The van der Waals surface area contributed by atoms with E-state index < -0.39 is 36.2 Å². The second kappa shape index (κ2) is 9.04. The lowest BCUT2D eigenvalue weighted by atomic mass is 10.1. The maximum atomic E-state index is 13.1. The molecular formula is C17H16F2N2O4S. The van der Waals surface area contributed by atoms with E-state index in [2.05, 4.69) is 10.6 Å². The van der Waals surface area contributed by atoms with Gasteiger partial charge in [0.1, 0.15) is 0 Å². The molecule has 1 unspecified atom stereocenters. The Hall–Kier alpha value is -2.81. The molecule has 138 valence electrons. The van der Waals surface area contributed by atoms with Crippen molar-refractivity contribution in [3.8, 4) is 0 Å². The number of carbonyl (C=O) groups excluding carboxylic acids is 3. The van der Waals surface area contributed by atoms with Crippen LogP contribution in [0, 0.1) is 11.6 Å². The van der Waals surface area contributed by atoms with E-state index in [4.69, 9.17) is 4.74 Å². The van der Waals surface area contributed by atoms with Crippen LogP contribution >= 0.6 is 11.3 Å². The van der Waals surface area contributed by atoms with Crippen LogP contribution in [-0.4, -0.2) is 24.4 Å². The van der Waals surface area contributed by atoms with Crippen molar-refractivity contribution in [2.75, 3.05) is 11.9 Å². The molecule has 1 heterocycles. The van der Waals surface area contributed by atoms with Crippen molar-refractivity contribution in [3.05, 3.63) is 52.2 Å². The van der Waals surface area contributed by atoms with Gasteiger partial charge in [0.25, 0.3) is 5.91 Å². The van der Waals surface area contributed by atoms with Crippen molar-refractivity contribution < 1.29 is 27.9 Å². The summed E-state index contributed by atoms with van der Waals surface area (Å²) in [4.78, 5) is 35.7. The van der Waals surface area contributed by atoms with Crippen molar-refractivity contribution in [1.29, 1.82) is 0 Å². The minimum Gasteiger partial charge on any atom is -0.455 e. The highest BCUT2D eigenvalue weighted by molar-refractivity contribution is 7.10. The summed E-state index contributed by atoms with van der Waals surface area (Å²) in [5.74, 6) is -3.82. The first kappa shape index (κ1) is 19.5. The topological polar surface area (TPSA) is 84.5 Å². The van der Waals surface area contributed by atoms with Crippen LogP contribution in [0.3, 0.4) is 0 Å². The summed E-state index contributed by atoms with van der Waals surface area (Å²) in [5.41, 5.74) is 0.0413. The maximum absolute atomic E-state index is 13.1. The predicted molar refractivity (Wildman–Crippen MR) is 91.4 cm³/mol. The number of ether oxygens (including phenoxy) is 1. The monoisotopic (exact) mass is 382 g/mol. The smallest absolute Gasteiger partial charge is 0.308 e. The number of halogens is 2. The van der Waals surface area contributed by atoms with Gasteiger partial charge in [-0.3, -0.25) is 14.4 Å². The summed E-state index contributed by atoms with van der Waals surface area (Å²) in [6.45, 7) is 0.746. The van der Waals surface area contributed by atoms with Crippen LogP contribution in [-0.2, 0) is 19.1 Å². The normalized spacial score (nSPS) is 11.5. The molecule has 0 spiro atoms. The van der Waals surface area contributed by atoms with E-state index in [1.165, 1.54) is 24.3 Å². The van der Waals surface area contributed by atoms with Gasteiger partial charge < -0.3 is 15.4 Å². The summed E-state index contributed by atoms with van der Waals surface area (Å²) in [5, 5.41) is 6.74. The zero-order valence-corrected chi connectivity index (χ0v) is 14.6. The Morgan fingerprint density at radius 2 is 1.96 bits per heavy atom.